The van der Waals surface area contributed by atoms with Crippen LogP contribution in [0.1, 0.15) is 51.7 Å². The van der Waals surface area contributed by atoms with Crippen LogP contribution in [-0.4, -0.2) is 24.5 Å². The van der Waals surface area contributed by atoms with Crippen LogP contribution in [0.4, 0.5) is 0 Å². The van der Waals surface area contributed by atoms with E-state index in [-0.39, 0.29) is 0 Å². The van der Waals surface area contributed by atoms with E-state index in [1.807, 2.05) is 0 Å². The van der Waals surface area contributed by atoms with Gasteiger partial charge in [0.15, 0.2) is 0 Å². The van der Waals surface area contributed by atoms with Crippen molar-refractivity contribution < 1.29 is 0 Å². The van der Waals surface area contributed by atoms with Crippen molar-refractivity contribution in [3.63, 3.8) is 0 Å². The summed E-state index contributed by atoms with van der Waals surface area (Å²) in [6.45, 7) is 15.0. The molecule has 0 saturated carbocycles. The van der Waals surface area contributed by atoms with Gasteiger partial charge in [-0.3, -0.25) is 4.90 Å². The zero-order valence-electron chi connectivity index (χ0n) is 14.3. The van der Waals surface area contributed by atoms with Gasteiger partial charge < -0.3 is 5.32 Å². The zero-order valence-corrected chi connectivity index (χ0v) is 14.3. The van der Waals surface area contributed by atoms with E-state index in [2.05, 4.69) is 62.2 Å². The Kier molecular flexibility index (Phi) is 5.83. The summed E-state index contributed by atoms with van der Waals surface area (Å²) in [6.07, 6.45) is 2.56. The van der Waals surface area contributed by atoms with Gasteiger partial charge >= 0.3 is 0 Å². The Morgan fingerprint density at radius 2 is 1.81 bits per heavy atom. The van der Waals surface area contributed by atoms with Gasteiger partial charge in [-0.15, -0.1) is 0 Å². The third kappa shape index (κ3) is 4.82. The average molecular weight is 288 g/mol. The maximum absolute atomic E-state index is 3.68. The molecule has 2 heteroatoms. The molecule has 118 valence electrons. The van der Waals surface area contributed by atoms with E-state index in [9.17, 15) is 0 Å². The molecule has 1 heterocycles. The lowest BCUT2D eigenvalue weighted by Crippen LogP contribution is -2.41. The first-order chi connectivity index (χ1) is 10.0. The Morgan fingerprint density at radius 3 is 2.33 bits per heavy atom. The Bertz CT molecular complexity index is 416. The van der Waals surface area contributed by atoms with Crippen LogP contribution >= 0.6 is 0 Å². The highest BCUT2D eigenvalue weighted by molar-refractivity contribution is 5.30. The topological polar surface area (TPSA) is 15.3 Å². The van der Waals surface area contributed by atoms with Crippen LogP contribution in [0.3, 0.4) is 0 Å². The first-order valence-corrected chi connectivity index (χ1v) is 8.52. The molecule has 0 amide bonds. The normalized spacial score (nSPS) is 18.0. The molecule has 0 fully saturated rings. The molecule has 21 heavy (non-hydrogen) atoms. The lowest BCUT2D eigenvalue weighted by molar-refractivity contribution is 0.148. The van der Waals surface area contributed by atoms with E-state index in [4.69, 9.17) is 0 Å². The lowest BCUT2D eigenvalue weighted by atomic mass is 9.84. The first-order valence-electron chi connectivity index (χ1n) is 8.52. The lowest BCUT2D eigenvalue weighted by Gasteiger charge is -2.34. The fourth-order valence-corrected chi connectivity index (χ4v) is 3.54. The van der Waals surface area contributed by atoms with Gasteiger partial charge in [-0.2, -0.15) is 0 Å². The maximum Gasteiger partial charge on any atom is 0.0240 e. The molecular formula is C19H32N2. The summed E-state index contributed by atoms with van der Waals surface area (Å²) in [6, 6.07) is 8.89. The molecule has 0 saturated heterocycles. The van der Waals surface area contributed by atoms with Gasteiger partial charge in [0, 0.05) is 26.2 Å². The predicted octanol–water partition coefficient (Wildman–Crippen LogP) is 4.05. The quantitative estimate of drug-likeness (QED) is 0.776. The number of nitrogens with zero attached hydrogens (tertiary/aromatic N) is 1. The van der Waals surface area contributed by atoms with E-state index in [0.717, 1.165) is 32.1 Å². The Labute approximate surface area is 130 Å². The van der Waals surface area contributed by atoms with Crippen LogP contribution < -0.4 is 5.32 Å². The summed E-state index contributed by atoms with van der Waals surface area (Å²) < 4.78 is 0. The Balaban J connectivity index is 1.91. The SMILES string of the molecule is CCCC(C)(CNCC(C)C)CN1Cc2ccccc2C1. The summed E-state index contributed by atoms with van der Waals surface area (Å²) in [5.74, 6) is 0.729. The molecule has 1 unspecified atom stereocenters. The van der Waals surface area contributed by atoms with Gasteiger partial charge in [-0.1, -0.05) is 58.4 Å². The van der Waals surface area contributed by atoms with Crippen molar-refractivity contribution in [2.45, 2.75) is 53.6 Å². The van der Waals surface area contributed by atoms with E-state index in [1.165, 1.54) is 30.5 Å². The summed E-state index contributed by atoms with van der Waals surface area (Å²) in [5, 5.41) is 3.68. The second-order valence-corrected chi connectivity index (χ2v) is 7.50. The van der Waals surface area contributed by atoms with Gasteiger partial charge in [-0.05, 0) is 35.4 Å². The van der Waals surface area contributed by atoms with Crippen molar-refractivity contribution in [3.8, 4) is 0 Å². The molecule has 2 rings (SSSR count). The van der Waals surface area contributed by atoms with Gasteiger partial charge in [0.05, 0.1) is 0 Å². The largest absolute Gasteiger partial charge is 0.316 e. The molecule has 2 nitrogen and oxygen atoms in total. The molecule has 1 aliphatic rings. The monoisotopic (exact) mass is 288 g/mol. The van der Waals surface area contributed by atoms with E-state index >= 15 is 0 Å². The summed E-state index contributed by atoms with van der Waals surface area (Å²) >= 11 is 0. The number of rotatable bonds is 8. The van der Waals surface area contributed by atoms with Crippen LogP contribution in [-0.2, 0) is 13.1 Å². The molecule has 0 aliphatic carbocycles. The Hall–Kier alpha value is -0.860. The maximum atomic E-state index is 3.68. The molecule has 0 bridgehead atoms. The summed E-state index contributed by atoms with van der Waals surface area (Å²) in [7, 11) is 0. The smallest absolute Gasteiger partial charge is 0.0240 e. The van der Waals surface area contributed by atoms with Crippen LogP contribution in [0.15, 0.2) is 24.3 Å². The van der Waals surface area contributed by atoms with Crippen molar-refractivity contribution in [3.05, 3.63) is 35.4 Å². The number of hydrogen-bond acceptors (Lipinski definition) is 2. The predicted molar refractivity (Wildman–Crippen MR) is 91.3 cm³/mol. The van der Waals surface area contributed by atoms with Crippen molar-refractivity contribution in [2.75, 3.05) is 19.6 Å². The number of nitrogens with one attached hydrogen (secondary N) is 1. The highest BCUT2D eigenvalue weighted by Gasteiger charge is 2.29. The average Bonchev–Trinajstić information content (AvgIpc) is 2.79. The highest BCUT2D eigenvalue weighted by atomic mass is 15.1. The second-order valence-electron chi connectivity index (χ2n) is 7.50. The van der Waals surface area contributed by atoms with Gasteiger partial charge in [0.1, 0.15) is 0 Å². The number of benzene rings is 1. The van der Waals surface area contributed by atoms with Crippen LogP contribution in [0.25, 0.3) is 0 Å². The third-order valence-corrected chi connectivity index (χ3v) is 4.47. The van der Waals surface area contributed by atoms with Crippen LogP contribution in [0.5, 0.6) is 0 Å². The van der Waals surface area contributed by atoms with Crippen LogP contribution in [0, 0.1) is 11.3 Å². The molecule has 0 spiro atoms. The van der Waals surface area contributed by atoms with Crippen molar-refractivity contribution in [2.24, 2.45) is 11.3 Å². The minimum Gasteiger partial charge on any atom is -0.316 e. The fourth-order valence-electron chi connectivity index (χ4n) is 3.54. The highest BCUT2D eigenvalue weighted by Crippen LogP contribution is 2.29. The second kappa shape index (κ2) is 7.42. The van der Waals surface area contributed by atoms with Crippen molar-refractivity contribution >= 4 is 0 Å². The molecular weight excluding hydrogens is 256 g/mol. The minimum absolute atomic E-state index is 0.381. The van der Waals surface area contributed by atoms with Gasteiger partial charge in [0.2, 0.25) is 0 Å². The number of fused-ring (bicyclic) bond motifs is 1. The molecule has 1 atom stereocenters. The number of hydrogen-bond donors (Lipinski definition) is 1. The van der Waals surface area contributed by atoms with Crippen LogP contribution in [0.2, 0.25) is 0 Å². The first kappa shape index (κ1) is 16.5. The molecule has 1 aliphatic heterocycles. The molecule has 1 aromatic carbocycles. The fraction of sp³-hybridized carbons (Fsp3) is 0.684. The third-order valence-electron chi connectivity index (χ3n) is 4.47. The van der Waals surface area contributed by atoms with Gasteiger partial charge in [0.25, 0.3) is 0 Å². The van der Waals surface area contributed by atoms with Crippen molar-refractivity contribution in [1.29, 1.82) is 0 Å². The molecule has 0 aromatic heterocycles. The van der Waals surface area contributed by atoms with Crippen molar-refractivity contribution in [1.82, 2.24) is 10.2 Å². The standard InChI is InChI=1S/C19H32N2/c1-5-10-19(4,14-20-11-16(2)3)15-21-12-17-8-6-7-9-18(17)13-21/h6-9,16,20H,5,10-15H2,1-4H3. The van der Waals surface area contributed by atoms with E-state index in [0.29, 0.717) is 5.41 Å². The zero-order chi connectivity index (χ0) is 15.3. The Morgan fingerprint density at radius 1 is 1.19 bits per heavy atom. The summed E-state index contributed by atoms with van der Waals surface area (Å²) in [5.41, 5.74) is 3.42. The molecule has 1 aromatic rings. The van der Waals surface area contributed by atoms with E-state index < -0.39 is 0 Å². The molecule has 1 N–H and O–H groups in total. The van der Waals surface area contributed by atoms with E-state index in [1.54, 1.807) is 0 Å². The summed E-state index contributed by atoms with van der Waals surface area (Å²) in [4.78, 5) is 2.62. The van der Waals surface area contributed by atoms with Gasteiger partial charge in [-0.25, -0.2) is 0 Å². The molecule has 0 radical (unpaired) electrons. The minimum atomic E-state index is 0.381.